The first-order valence-electron chi connectivity index (χ1n) is 6.02. The molecule has 6 heteroatoms. The van der Waals surface area contributed by atoms with E-state index >= 15 is 0 Å². The molecule has 0 saturated heterocycles. The van der Waals surface area contributed by atoms with E-state index in [-0.39, 0.29) is 16.5 Å². The predicted octanol–water partition coefficient (Wildman–Crippen LogP) is 2.86. The lowest BCUT2D eigenvalue weighted by Gasteiger charge is -2.18. The minimum absolute atomic E-state index is 0.126. The third-order valence-corrected chi connectivity index (χ3v) is 5.22. The molecule has 0 aliphatic heterocycles. The molecule has 2 rings (SSSR count). The van der Waals surface area contributed by atoms with Crippen LogP contribution in [0.15, 0.2) is 47.6 Å². The van der Waals surface area contributed by atoms with Gasteiger partial charge < -0.3 is 0 Å². The van der Waals surface area contributed by atoms with Crippen molar-refractivity contribution in [1.29, 1.82) is 0 Å². The van der Waals surface area contributed by atoms with Crippen molar-refractivity contribution >= 4 is 21.6 Å². The summed E-state index contributed by atoms with van der Waals surface area (Å²) in [7, 11) is -2.07. The molecule has 0 bridgehead atoms. The maximum absolute atomic E-state index is 12.5. The van der Waals surface area contributed by atoms with Crippen LogP contribution in [-0.2, 0) is 16.6 Å². The Morgan fingerprint density at radius 2 is 1.85 bits per heavy atom. The van der Waals surface area contributed by atoms with E-state index in [0.717, 1.165) is 11.1 Å². The lowest BCUT2D eigenvalue weighted by molar-refractivity contribution is 0.466. The molecule has 0 N–H and O–H groups in total. The van der Waals surface area contributed by atoms with Crippen LogP contribution in [0.25, 0.3) is 0 Å². The Bertz CT molecular complexity index is 702. The Labute approximate surface area is 124 Å². The van der Waals surface area contributed by atoms with Crippen LogP contribution in [0.5, 0.6) is 0 Å². The van der Waals surface area contributed by atoms with Gasteiger partial charge in [0.2, 0.25) is 10.0 Å². The van der Waals surface area contributed by atoms with Crippen molar-refractivity contribution in [1.82, 2.24) is 9.29 Å². The third-order valence-electron chi connectivity index (χ3n) is 2.93. The SMILES string of the molecule is Cc1ccc(S(=O)(=O)N(C)Cc2ccncc2)c(Cl)c1. The van der Waals surface area contributed by atoms with Crippen molar-refractivity contribution in [2.75, 3.05) is 7.05 Å². The van der Waals surface area contributed by atoms with E-state index < -0.39 is 10.0 Å². The van der Waals surface area contributed by atoms with Gasteiger partial charge >= 0.3 is 0 Å². The highest BCUT2D eigenvalue weighted by molar-refractivity contribution is 7.89. The number of nitrogens with zero attached hydrogens (tertiary/aromatic N) is 2. The second-order valence-electron chi connectivity index (χ2n) is 4.55. The first-order chi connectivity index (χ1) is 9.41. The van der Waals surface area contributed by atoms with E-state index in [1.165, 1.54) is 17.4 Å². The molecule has 0 aliphatic rings. The Morgan fingerprint density at radius 3 is 2.45 bits per heavy atom. The van der Waals surface area contributed by atoms with Gasteiger partial charge in [-0.25, -0.2) is 8.42 Å². The summed E-state index contributed by atoms with van der Waals surface area (Å²) in [6.07, 6.45) is 3.27. The highest BCUT2D eigenvalue weighted by atomic mass is 35.5. The molecule has 0 atom stereocenters. The van der Waals surface area contributed by atoms with Gasteiger partial charge in [-0.2, -0.15) is 4.31 Å². The van der Waals surface area contributed by atoms with Gasteiger partial charge in [0.05, 0.1) is 5.02 Å². The van der Waals surface area contributed by atoms with Gasteiger partial charge in [-0.3, -0.25) is 4.98 Å². The first-order valence-corrected chi connectivity index (χ1v) is 7.84. The van der Waals surface area contributed by atoms with Crippen LogP contribution in [0, 0.1) is 6.92 Å². The van der Waals surface area contributed by atoms with E-state index in [1.807, 2.05) is 6.92 Å². The average molecular weight is 311 g/mol. The summed E-state index contributed by atoms with van der Waals surface area (Å²) in [6.45, 7) is 2.14. The number of sulfonamides is 1. The van der Waals surface area contributed by atoms with E-state index in [1.54, 1.807) is 36.7 Å². The van der Waals surface area contributed by atoms with Gasteiger partial charge in [-0.1, -0.05) is 17.7 Å². The molecular formula is C14H15ClN2O2S. The molecule has 0 aliphatic carbocycles. The molecule has 0 spiro atoms. The molecule has 1 aromatic carbocycles. The van der Waals surface area contributed by atoms with Gasteiger partial charge in [0.1, 0.15) is 4.90 Å². The number of benzene rings is 1. The molecule has 0 unspecified atom stereocenters. The van der Waals surface area contributed by atoms with Gasteiger partial charge in [-0.05, 0) is 42.3 Å². The second-order valence-corrected chi connectivity index (χ2v) is 6.97. The topological polar surface area (TPSA) is 50.3 Å². The van der Waals surface area contributed by atoms with Crippen LogP contribution in [0.3, 0.4) is 0 Å². The summed E-state index contributed by atoms with van der Waals surface area (Å²) in [6, 6.07) is 8.48. The second kappa shape index (κ2) is 5.91. The standard InChI is InChI=1S/C14H15ClN2O2S/c1-11-3-4-14(13(15)9-11)20(18,19)17(2)10-12-5-7-16-8-6-12/h3-9H,10H2,1-2H3. The van der Waals surface area contributed by atoms with Gasteiger partial charge in [0, 0.05) is 26.0 Å². The zero-order chi connectivity index (χ0) is 14.8. The van der Waals surface area contributed by atoms with Gasteiger partial charge in [0.15, 0.2) is 0 Å². The number of aryl methyl sites for hydroxylation is 1. The van der Waals surface area contributed by atoms with Gasteiger partial charge in [-0.15, -0.1) is 0 Å². The highest BCUT2D eigenvalue weighted by Gasteiger charge is 2.23. The summed E-state index contributed by atoms with van der Waals surface area (Å²) >= 11 is 6.05. The van der Waals surface area contributed by atoms with E-state index in [2.05, 4.69) is 4.98 Å². The van der Waals surface area contributed by atoms with Crippen LogP contribution in [-0.4, -0.2) is 24.8 Å². The van der Waals surface area contributed by atoms with E-state index in [0.29, 0.717) is 0 Å². The summed E-state index contributed by atoms with van der Waals surface area (Å²) in [4.78, 5) is 4.03. The fourth-order valence-electron chi connectivity index (χ4n) is 1.81. The largest absolute Gasteiger partial charge is 0.265 e. The quantitative estimate of drug-likeness (QED) is 0.872. The van der Waals surface area contributed by atoms with Crippen molar-refractivity contribution < 1.29 is 8.42 Å². The zero-order valence-corrected chi connectivity index (χ0v) is 12.8. The molecule has 2 aromatic rings. The van der Waals surface area contributed by atoms with Crippen LogP contribution in [0.1, 0.15) is 11.1 Å². The molecule has 106 valence electrons. The zero-order valence-electron chi connectivity index (χ0n) is 11.2. The van der Waals surface area contributed by atoms with Crippen LogP contribution < -0.4 is 0 Å². The van der Waals surface area contributed by atoms with Crippen molar-refractivity contribution in [3.05, 3.63) is 58.9 Å². The molecule has 1 aromatic heterocycles. The molecule has 20 heavy (non-hydrogen) atoms. The number of pyridine rings is 1. The molecule has 4 nitrogen and oxygen atoms in total. The predicted molar refractivity (Wildman–Crippen MR) is 79.1 cm³/mol. The molecule has 0 fully saturated rings. The Balaban J connectivity index is 2.30. The molecule has 0 radical (unpaired) electrons. The number of aromatic nitrogens is 1. The summed E-state index contributed by atoms with van der Waals surface area (Å²) < 4.78 is 26.3. The smallest absolute Gasteiger partial charge is 0.244 e. The fraction of sp³-hybridized carbons (Fsp3) is 0.214. The monoisotopic (exact) mass is 310 g/mol. The fourth-order valence-corrected chi connectivity index (χ4v) is 3.54. The Kier molecular flexibility index (Phi) is 4.42. The van der Waals surface area contributed by atoms with Crippen molar-refractivity contribution in [2.24, 2.45) is 0 Å². The molecular weight excluding hydrogens is 296 g/mol. The normalized spacial score (nSPS) is 11.8. The molecule has 1 heterocycles. The van der Waals surface area contributed by atoms with Gasteiger partial charge in [0.25, 0.3) is 0 Å². The summed E-state index contributed by atoms with van der Waals surface area (Å²) in [5, 5.41) is 0.242. The number of halogens is 1. The Hall–Kier alpha value is -1.43. The minimum Gasteiger partial charge on any atom is -0.265 e. The number of hydrogen-bond donors (Lipinski definition) is 0. The maximum atomic E-state index is 12.5. The first kappa shape index (κ1) is 15.0. The lowest BCUT2D eigenvalue weighted by atomic mass is 10.2. The summed E-state index contributed by atoms with van der Waals surface area (Å²) in [5.41, 5.74) is 1.79. The van der Waals surface area contributed by atoms with Crippen molar-refractivity contribution in [3.8, 4) is 0 Å². The highest BCUT2D eigenvalue weighted by Crippen LogP contribution is 2.25. The van der Waals surface area contributed by atoms with Crippen LogP contribution >= 0.6 is 11.6 Å². The molecule has 0 saturated carbocycles. The lowest BCUT2D eigenvalue weighted by Crippen LogP contribution is -2.26. The number of rotatable bonds is 4. The minimum atomic E-state index is -3.60. The van der Waals surface area contributed by atoms with Crippen LogP contribution in [0.4, 0.5) is 0 Å². The third kappa shape index (κ3) is 3.17. The average Bonchev–Trinajstić information content (AvgIpc) is 2.39. The maximum Gasteiger partial charge on any atom is 0.244 e. The van der Waals surface area contributed by atoms with Crippen molar-refractivity contribution in [3.63, 3.8) is 0 Å². The Morgan fingerprint density at radius 1 is 1.20 bits per heavy atom. The molecule has 0 amide bonds. The van der Waals surface area contributed by atoms with Crippen molar-refractivity contribution in [2.45, 2.75) is 18.4 Å². The van der Waals surface area contributed by atoms with E-state index in [9.17, 15) is 8.42 Å². The van der Waals surface area contributed by atoms with E-state index in [4.69, 9.17) is 11.6 Å². The van der Waals surface area contributed by atoms with Crippen LogP contribution in [0.2, 0.25) is 5.02 Å². The number of hydrogen-bond acceptors (Lipinski definition) is 3. The summed E-state index contributed by atoms with van der Waals surface area (Å²) in [5.74, 6) is 0.